The van der Waals surface area contributed by atoms with Gasteiger partial charge in [-0.2, -0.15) is 0 Å². The number of nitrogens with zero attached hydrogens (tertiary/aromatic N) is 6. The minimum atomic E-state index is 0.534. The maximum absolute atomic E-state index is 5.18. The highest BCUT2D eigenvalue weighted by molar-refractivity contribution is 6.08. The highest BCUT2D eigenvalue weighted by atomic mass is 15.0. The molecular formula is C45H30N6. The molecule has 0 amide bonds. The number of aromatic nitrogens is 6. The molecule has 0 aliphatic rings. The lowest BCUT2D eigenvalue weighted by molar-refractivity contribution is 1.06. The molecule has 0 N–H and O–H groups in total. The molecule has 0 fully saturated rings. The lowest BCUT2D eigenvalue weighted by atomic mass is 9.98. The molecule has 240 valence electrons. The Hall–Kier alpha value is -6.92. The van der Waals surface area contributed by atoms with E-state index >= 15 is 0 Å². The van der Waals surface area contributed by atoms with Gasteiger partial charge in [-0.1, -0.05) is 127 Å². The Morgan fingerprint density at radius 3 is 1.78 bits per heavy atom. The van der Waals surface area contributed by atoms with Crippen molar-refractivity contribution in [2.24, 2.45) is 0 Å². The summed E-state index contributed by atoms with van der Waals surface area (Å²) < 4.78 is 0. The number of fused-ring (bicyclic) bond motifs is 3. The zero-order valence-corrected chi connectivity index (χ0v) is 27.8. The fourth-order valence-corrected chi connectivity index (χ4v) is 6.52. The summed E-state index contributed by atoms with van der Waals surface area (Å²) in [5.41, 5.74) is 11.7. The molecule has 0 spiro atoms. The number of aryl methyl sites for hydroxylation is 1. The van der Waals surface area contributed by atoms with E-state index in [-0.39, 0.29) is 0 Å². The predicted octanol–water partition coefficient (Wildman–Crippen LogP) is 10.7. The average Bonchev–Trinajstić information content (AvgIpc) is 3.21. The Kier molecular flexibility index (Phi) is 7.59. The molecule has 0 radical (unpaired) electrons. The molecule has 0 saturated heterocycles. The monoisotopic (exact) mass is 654 g/mol. The van der Waals surface area contributed by atoms with E-state index in [9.17, 15) is 0 Å². The molecule has 6 heteroatoms. The first kappa shape index (κ1) is 30.2. The van der Waals surface area contributed by atoms with Crippen LogP contribution in [0.1, 0.15) is 5.69 Å². The van der Waals surface area contributed by atoms with Gasteiger partial charge in [0.25, 0.3) is 0 Å². The molecule has 0 atom stereocenters. The number of rotatable bonds is 6. The maximum atomic E-state index is 5.18. The first-order valence-corrected chi connectivity index (χ1v) is 16.9. The van der Waals surface area contributed by atoms with E-state index < -0.39 is 0 Å². The van der Waals surface area contributed by atoms with Crippen LogP contribution < -0.4 is 0 Å². The minimum Gasteiger partial charge on any atom is -0.253 e. The van der Waals surface area contributed by atoms with Crippen molar-refractivity contribution in [1.29, 1.82) is 0 Å². The molecule has 0 aliphatic carbocycles. The van der Waals surface area contributed by atoms with Gasteiger partial charge in [0.2, 0.25) is 0 Å². The molecule has 0 aliphatic heterocycles. The minimum absolute atomic E-state index is 0.534. The third kappa shape index (κ3) is 5.89. The van der Waals surface area contributed by atoms with Crippen molar-refractivity contribution in [1.82, 2.24) is 29.9 Å². The Bertz CT molecular complexity index is 2620. The number of hydrogen-bond donors (Lipinski definition) is 0. The van der Waals surface area contributed by atoms with E-state index in [2.05, 4.69) is 96.0 Å². The number of pyridine rings is 3. The summed E-state index contributed by atoms with van der Waals surface area (Å²) in [6.07, 6.45) is 1.75. The Morgan fingerprint density at radius 1 is 0.373 bits per heavy atom. The van der Waals surface area contributed by atoms with Crippen LogP contribution in [0.3, 0.4) is 0 Å². The largest absolute Gasteiger partial charge is 0.253 e. The van der Waals surface area contributed by atoms with Crippen molar-refractivity contribution in [2.45, 2.75) is 6.92 Å². The Labute approximate surface area is 295 Å². The number of hydrogen-bond acceptors (Lipinski definition) is 6. The Balaban J connectivity index is 1.07. The van der Waals surface area contributed by atoms with E-state index in [4.69, 9.17) is 24.9 Å². The van der Waals surface area contributed by atoms with Crippen molar-refractivity contribution in [3.63, 3.8) is 0 Å². The van der Waals surface area contributed by atoms with E-state index in [1.165, 1.54) is 11.1 Å². The molecule has 4 heterocycles. The van der Waals surface area contributed by atoms with Crippen LogP contribution in [-0.4, -0.2) is 29.9 Å². The van der Waals surface area contributed by atoms with Crippen molar-refractivity contribution < 1.29 is 0 Å². The quantitative estimate of drug-likeness (QED) is 0.166. The summed E-state index contributed by atoms with van der Waals surface area (Å²) in [5.74, 6) is 1.73. The summed E-state index contributed by atoms with van der Waals surface area (Å²) in [6.45, 7) is 2.05. The van der Waals surface area contributed by atoms with Gasteiger partial charge in [-0.25, -0.2) is 19.9 Å². The number of benzene rings is 5. The molecule has 51 heavy (non-hydrogen) atoms. The normalized spacial score (nSPS) is 11.2. The molecule has 4 aromatic heterocycles. The van der Waals surface area contributed by atoms with Crippen LogP contribution in [-0.2, 0) is 0 Å². The van der Waals surface area contributed by atoms with E-state index in [0.29, 0.717) is 23.2 Å². The molecule has 6 nitrogen and oxygen atoms in total. The van der Waals surface area contributed by atoms with Crippen molar-refractivity contribution in [2.75, 3.05) is 0 Å². The van der Waals surface area contributed by atoms with Crippen LogP contribution in [0, 0.1) is 6.92 Å². The SMILES string of the molecule is Cc1cc(-c2ccccc2)c2ccc3ccc(-c4ccc(-c5cccc(-c6nc(-c7ccccc7)nc(-c7ccccn7)n6)c5)cc4)nc3c2n1. The zero-order chi connectivity index (χ0) is 34.1. The molecule has 9 rings (SSSR count). The van der Waals surface area contributed by atoms with Gasteiger partial charge in [0.1, 0.15) is 5.69 Å². The predicted molar refractivity (Wildman–Crippen MR) is 206 cm³/mol. The van der Waals surface area contributed by atoms with Gasteiger partial charge >= 0.3 is 0 Å². The first-order valence-electron chi connectivity index (χ1n) is 16.9. The highest BCUT2D eigenvalue weighted by Gasteiger charge is 2.15. The molecule has 5 aromatic carbocycles. The van der Waals surface area contributed by atoms with Gasteiger partial charge in [-0.15, -0.1) is 0 Å². The van der Waals surface area contributed by atoms with Gasteiger partial charge in [-0.05, 0) is 59.5 Å². The van der Waals surface area contributed by atoms with Crippen molar-refractivity contribution in [3.8, 4) is 67.8 Å². The fourth-order valence-electron chi connectivity index (χ4n) is 6.52. The second kappa shape index (κ2) is 12.8. The van der Waals surface area contributed by atoms with Crippen LogP contribution in [0.25, 0.3) is 89.6 Å². The standard InChI is InChI=1S/C45H30N6/c1-29-27-38(31-11-4-2-5-12-31)37-24-22-33-23-25-39(48-41(33)42(37)47-29)32-20-18-30(19-21-32)35-15-10-16-36(28-35)44-49-43(34-13-6-3-7-14-34)50-45(51-44)40-17-8-9-26-46-40/h2-28H,1H3. The van der Waals surface area contributed by atoms with Gasteiger partial charge in [0, 0.05) is 39.4 Å². The smallest absolute Gasteiger partial charge is 0.182 e. The lowest BCUT2D eigenvalue weighted by Gasteiger charge is -2.12. The molecular weight excluding hydrogens is 625 g/mol. The van der Waals surface area contributed by atoms with Crippen LogP contribution in [0.15, 0.2) is 164 Å². The van der Waals surface area contributed by atoms with Crippen molar-refractivity contribution >= 4 is 21.8 Å². The van der Waals surface area contributed by atoms with Crippen LogP contribution >= 0.6 is 0 Å². The third-order valence-corrected chi connectivity index (χ3v) is 9.05. The van der Waals surface area contributed by atoms with Crippen LogP contribution in [0.4, 0.5) is 0 Å². The first-order chi connectivity index (χ1) is 25.2. The van der Waals surface area contributed by atoms with E-state index in [1.807, 2.05) is 73.7 Å². The third-order valence-electron chi connectivity index (χ3n) is 9.05. The summed E-state index contributed by atoms with van der Waals surface area (Å²) >= 11 is 0. The van der Waals surface area contributed by atoms with Crippen LogP contribution in [0.5, 0.6) is 0 Å². The van der Waals surface area contributed by atoms with Gasteiger partial charge in [0.15, 0.2) is 17.5 Å². The maximum Gasteiger partial charge on any atom is 0.182 e. The topological polar surface area (TPSA) is 77.3 Å². The lowest BCUT2D eigenvalue weighted by Crippen LogP contribution is -2.01. The summed E-state index contributed by atoms with van der Waals surface area (Å²) in [4.78, 5) is 29.2. The second-order valence-corrected chi connectivity index (χ2v) is 12.5. The fraction of sp³-hybridized carbons (Fsp3) is 0.0222. The van der Waals surface area contributed by atoms with Crippen molar-refractivity contribution in [3.05, 3.63) is 170 Å². The molecule has 9 aromatic rings. The van der Waals surface area contributed by atoms with E-state index in [0.717, 1.165) is 61.0 Å². The zero-order valence-electron chi connectivity index (χ0n) is 27.8. The van der Waals surface area contributed by atoms with Gasteiger partial charge < -0.3 is 0 Å². The van der Waals surface area contributed by atoms with Crippen LogP contribution in [0.2, 0.25) is 0 Å². The Morgan fingerprint density at radius 2 is 1.02 bits per heavy atom. The average molecular weight is 655 g/mol. The van der Waals surface area contributed by atoms with Gasteiger partial charge in [0.05, 0.1) is 16.7 Å². The summed E-state index contributed by atoms with van der Waals surface area (Å²) in [6, 6.07) is 53.7. The van der Waals surface area contributed by atoms with Gasteiger partial charge in [-0.3, -0.25) is 9.97 Å². The highest BCUT2D eigenvalue weighted by Crippen LogP contribution is 2.34. The van der Waals surface area contributed by atoms with E-state index in [1.54, 1.807) is 6.20 Å². The molecule has 0 unspecified atom stereocenters. The molecule has 0 bridgehead atoms. The summed E-state index contributed by atoms with van der Waals surface area (Å²) in [7, 11) is 0. The second-order valence-electron chi connectivity index (χ2n) is 12.5. The summed E-state index contributed by atoms with van der Waals surface area (Å²) in [5, 5.41) is 2.16. The molecule has 0 saturated carbocycles.